The first-order valence-electron chi connectivity index (χ1n) is 7.15. The molecule has 0 radical (unpaired) electrons. The van der Waals surface area contributed by atoms with E-state index in [4.69, 9.17) is 11.6 Å². The molecule has 3 nitrogen and oxygen atoms in total. The van der Waals surface area contributed by atoms with Gasteiger partial charge in [-0.05, 0) is 25.0 Å². The van der Waals surface area contributed by atoms with Crippen LogP contribution in [0.5, 0.6) is 0 Å². The number of thiazole rings is 1. The van der Waals surface area contributed by atoms with Gasteiger partial charge in [0.15, 0.2) is 0 Å². The molecule has 0 saturated heterocycles. The molecule has 0 amide bonds. The molecule has 0 aliphatic heterocycles. The summed E-state index contributed by atoms with van der Waals surface area (Å²) in [4.78, 5) is 16.6. The monoisotopic (exact) mass is 321 g/mol. The van der Waals surface area contributed by atoms with Crippen molar-refractivity contribution in [1.29, 1.82) is 0 Å². The van der Waals surface area contributed by atoms with Crippen LogP contribution in [0.4, 0.5) is 0 Å². The van der Waals surface area contributed by atoms with Crippen LogP contribution in [0.25, 0.3) is 10.6 Å². The Morgan fingerprint density at radius 3 is 2.48 bits per heavy atom. The van der Waals surface area contributed by atoms with Gasteiger partial charge in [-0.2, -0.15) is 0 Å². The van der Waals surface area contributed by atoms with E-state index in [1.165, 1.54) is 17.8 Å². The smallest absolute Gasteiger partial charge is 0.347 e. The maximum absolute atomic E-state index is 11.5. The zero-order chi connectivity index (χ0) is 14.8. The van der Waals surface area contributed by atoms with E-state index in [1.54, 1.807) is 12.1 Å². The molecule has 1 heterocycles. The molecule has 1 saturated carbocycles. The third-order valence-corrected chi connectivity index (χ3v) is 5.29. The van der Waals surface area contributed by atoms with Gasteiger partial charge in [0.25, 0.3) is 0 Å². The fraction of sp³-hybridized carbons (Fsp3) is 0.375. The molecule has 0 bridgehead atoms. The summed E-state index contributed by atoms with van der Waals surface area (Å²) in [5.41, 5.74) is 1.70. The van der Waals surface area contributed by atoms with Crippen LogP contribution in [0.3, 0.4) is 0 Å². The van der Waals surface area contributed by atoms with Crippen molar-refractivity contribution in [3.8, 4) is 10.6 Å². The first-order valence-corrected chi connectivity index (χ1v) is 8.34. The lowest BCUT2D eigenvalue weighted by atomic mass is 9.86. The van der Waals surface area contributed by atoms with Crippen molar-refractivity contribution in [3.05, 3.63) is 39.9 Å². The molecular weight excluding hydrogens is 306 g/mol. The van der Waals surface area contributed by atoms with Gasteiger partial charge in [-0.1, -0.05) is 43.0 Å². The predicted octanol–water partition coefficient (Wildman–Crippen LogP) is 5.21. The molecule has 110 valence electrons. The van der Waals surface area contributed by atoms with E-state index in [9.17, 15) is 9.90 Å². The van der Waals surface area contributed by atoms with Crippen LogP contribution >= 0.6 is 22.9 Å². The number of carbonyl (C=O) groups is 1. The molecule has 1 N–H and O–H groups in total. The summed E-state index contributed by atoms with van der Waals surface area (Å²) in [6.07, 6.45) is 5.66. The van der Waals surface area contributed by atoms with E-state index in [2.05, 4.69) is 4.98 Å². The maximum Gasteiger partial charge on any atom is 0.347 e. The fourth-order valence-electron chi connectivity index (χ4n) is 2.85. The van der Waals surface area contributed by atoms with Gasteiger partial charge in [0.2, 0.25) is 0 Å². The van der Waals surface area contributed by atoms with Crippen molar-refractivity contribution in [1.82, 2.24) is 4.98 Å². The van der Waals surface area contributed by atoms with Crippen LogP contribution in [-0.4, -0.2) is 16.1 Å². The minimum atomic E-state index is -0.867. The Kier molecular flexibility index (Phi) is 4.27. The van der Waals surface area contributed by atoms with Gasteiger partial charge in [-0.25, -0.2) is 9.78 Å². The van der Waals surface area contributed by atoms with Crippen LogP contribution in [0.1, 0.15) is 53.4 Å². The molecule has 1 aromatic carbocycles. The first-order chi connectivity index (χ1) is 10.1. The summed E-state index contributed by atoms with van der Waals surface area (Å²) in [5, 5.41) is 10.9. The Bertz CT molecular complexity index is 645. The molecule has 3 rings (SSSR count). The number of aromatic nitrogens is 1. The van der Waals surface area contributed by atoms with Gasteiger partial charge in [0.05, 0.1) is 5.69 Å². The number of nitrogens with zero attached hydrogens (tertiary/aromatic N) is 1. The third-order valence-electron chi connectivity index (χ3n) is 3.93. The Balaban J connectivity index is 1.99. The molecule has 1 aliphatic rings. The normalized spacial score (nSPS) is 16.0. The quantitative estimate of drug-likeness (QED) is 0.844. The lowest BCUT2D eigenvalue weighted by Crippen LogP contribution is -2.09. The van der Waals surface area contributed by atoms with Gasteiger partial charge in [-0.15, -0.1) is 11.3 Å². The minimum absolute atomic E-state index is 0.294. The number of rotatable bonds is 3. The molecule has 0 spiro atoms. The summed E-state index contributed by atoms with van der Waals surface area (Å²) < 4.78 is 0. The van der Waals surface area contributed by atoms with Crippen molar-refractivity contribution in [2.24, 2.45) is 0 Å². The van der Waals surface area contributed by atoms with Crippen molar-refractivity contribution < 1.29 is 9.90 Å². The second kappa shape index (κ2) is 6.16. The summed E-state index contributed by atoms with van der Waals surface area (Å²) in [6.45, 7) is 0. The van der Waals surface area contributed by atoms with Gasteiger partial charge in [0, 0.05) is 16.5 Å². The standard InChI is InChI=1S/C16H16ClNO2S/c17-12-8-6-11(7-9-12)15-18-13(14(21-15)16(19)20)10-4-2-1-3-5-10/h6-10H,1-5H2,(H,19,20). The molecule has 1 aliphatic carbocycles. The zero-order valence-corrected chi connectivity index (χ0v) is 13.1. The number of hydrogen-bond acceptors (Lipinski definition) is 3. The molecule has 5 heteroatoms. The number of carboxylic acid groups (broad SMARTS) is 1. The second-order valence-electron chi connectivity index (χ2n) is 5.38. The Hall–Kier alpha value is -1.39. The fourth-order valence-corrected chi connectivity index (χ4v) is 3.98. The van der Waals surface area contributed by atoms with E-state index in [-0.39, 0.29) is 0 Å². The van der Waals surface area contributed by atoms with Crippen molar-refractivity contribution in [3.63, 3.8) is 0 Å². The topological polar surface area (TPSA) is 50.2 Å². The summed E-state index contributed by atoms with van der Waals surface area (Å²) in [6, 6.07) is 7.38. The molecular formula is C16H16ClNO2S. The zero-order valence-electron chi connectivity index (χ0n) is 11.5. The molecule has 2 aromatic rings. The summed E-state index contributed by atoms with van der Waals surface area (Å²) in [5.74, 6) is -0.574. The maximum atomic E-state index is 11.5. The largest absolute Gasteiger partial charge is 0.477 e. The second-order valence-corrected chi connectivity index (χ2v) is 6.82. The molecule has 0 atom stereocenters. The summed E-state index contributed by atoms with van der Waals surface area (Å²) >= 11 is 7.16. The number of hydrogen-bond donors (Lipinski definition) is 1. The number of benzene rings is 1. The van der Waals surface area contributed by atoms with Crippen LogP contribution in [0.15, 0.2) is 24.3 Å². The number of halogens is 1. The number of aromatic carboxylic acids is 1. The molecule has 1 aromatic heterocycles. The molecule has 1 fully saturated rings. The van der Waals surface area contributed by atoms with Crippen LogP contribution in [-0.2, 0) is 0 Å². The minimum Gasteiger partial charge on any atom is -0.477 e. The molecule has 0 unspecified atom stereocenters. The molecule has 21 heavy (non-hydrogen) atoms. The van der Waals surface area contributed by atoms with Crippen LogP contribution in [0.2, 0.25) is 5.02 Å². The van der Waals surface area contributed by atoms with Crippen LogP contribution < -0.4 is 0 Å². The highest BCUT2D eigenvalue weighted by Gasteiger charge is 2.26. The lowest BCUT2D eigenvalue weighted by molar-refractivity contribution is 0.0700. The Morgan fingerprint density at radius 1 is 1.19 bits per heavy atom. The first kappa shape index (κ1) is 14.5. The van der Waals surface area contributed by atoms with Gasteiger partial charge in [0.1, 0.15) is 9.88 Å². The van der Waals surface area contributed by atoms with Crippen molar-refractivity contribution in [2.75, 3.05) is 0 Å². The van der Waals surface area contributed by atoms with Crippen molar-refractivity contribution in [2.45, 2.75) is 38.0 Å². The van der Waals surface area contributed by atoms with E-state index < -0.39 is 5.97 Å². The van der Waals surface area contributed by atoms with E-state index in [0.717, 1.165) is 41.9 Å². The lowest BCUT2D eigenvalue weighted by Gasteiger charge is -2.20. The Labute approximate surface area is 132 Å². The van der Waals surface area contributed by atoms with Crippen molar-refractivity contribution >= 4 is 28.9 Å². The van der Waals surface area contributed by atoms with Gasteiger partial charge in [-0.3, -0.25) is 0 Å². The average Bonchev–Trinajstić information content (AvgIpc) is 2.94. The Morgan fingerprint density at radius 2 is 1.86 bits per heavy atom. The highest BCUT2D eigenvalue weighted by molar-refractivity contribution is 7.17. The van der Waals surface area contributed by atoms with Crippen LogP contribution in [0, 0.1) is 0 Å². The highest BCUT2D eigenvalue weighted by Crippen LogP contribution is 2.38. The van der Waals surface area contributed by atoms with E-state index >= 15 is 0 Å². The van der Waals surface area contributed by atoms with E-state index in [1.807, 2.05) is 12.1 Å². The summed E-state index contributed by atoms with van der Waals surface area (Å²) in [7, 11) is 0. The predicted molar refractivity (Wildman–Crippen MR) is 85.3 cm³/mol. The number of carboxylic acids is 1. The van der Waals surface area contributed by atoms with Gasteiger partial charge < -0.3 is 5.11 Å². The third kappa shape index (κ3) is 3.11. The van der Waals surface area contributed by atoms with Gasteiger partial charge >= 0.3 is 5.97 Å². The highest BCUT2D eigenvalue weighted by atomic mass is 35.5. The SMILES string of the molecule is O=C(O)c1sc(-c2ccc(Cl)cc2)nc1C1CCCCC1. The average molecular weight is 322 g/mol. The van der Waals surface area contributed by atoms with E-state index in [0.29, 0.717) is 15.8 Å².